The predicted molar refractivity (Wildman–Crippen MR) is 89.4 cm³/mol. The number of sulfonamides is 1. The lowest BCUT2D eigenvalue weighted by Gasteiger charge is -2.09. The highest BCUT2D eigenvalue weighted by Gasteiger charge is 2.13. The summed E-state index contributed by atoms with van der Waals surface area (Å²) in [6.45, 7) is 5.22. The number of aromatic nitrogens is 2. The van der Waals surface area contributed by atoms with Crippen LogP contribution >= 0.6 is 11.6 Å². The first-order valence-electron chi connectivity index (χ1n) is 7.34. The van der Waals surface area contributed by atoms with Crippen LogP contribution in [0.4, 0.5) is 0 Å². The van der Waals surface area contributed by atoms with Crippen LogP contribution in [0.2, 0.25) is 5.02 Å². The zero-order chi connectivity index (χ0) is 16.9. The maximum Gasteiger partial charge on any atom is 0.240 e. The Morgan fingerprint density at radius 3 is 2.57 bits per heavy atom. The van der Waals surface area contributed by atoms with Gasteiger partial charge in [0.2, 0.25) is 10.0 Å². The van der Waals surface area contributed by atoms with Gasteiger partial charge in [-0.25, -0.2) is 13.1 Å². The van der Waals surface area contributed by atoms with Gasteiger partial charge in [0.05, 0.1) is 28.4 Å². The lowest BCUT2D eigenvalue weighted by Crippen LogP contribution is -2.25. The lowest BCUT2D eigenvalue weighted by atomic mass is 10.3. The maximum atomic E-state index is 12.2. The molecular formula is C15H20ClN3O3S. The smallest absolute Gasteiger partial charge is 0.240 e. The Morgan fingerprint density at radius 2 is 2.00 bits per heavy atom. The summed E-state index contributed by atoms with van der Waals surface area (Å²) in [4.78, 5) is 0.222. The third-order valence-corrected chi connectivity index (χ3v) is 5.18. The fourth-order valence-electron chi connectivity index (χ4n) is 2.05. The first-order valence-corrected chi connectivity index (χ1v) is 9.20. The molecule has 0 atom stereocenters. The Labute approximate surface area is 141 Å². The van der Waals surface area contributed by atoms with Gasteiger partial charge >= 0.3 is 0 Å². The first kappa shape index (κ1) is 17.8. The summed E-state index contributed by atoms with van der Waals surface area (Å²) in [7, 11) is -3.51. The Kier molecular flexibility index (Phi) is 6.04. The Morgan fingerprint density at radius 1 is 1.30 bits per heavy atom. The molecule has 0 saturated heterocycles. The number of halogens is 1. The van der Waals surface area contributed by atoms with E-state index in [1.807, 2.05) is 13.8 Å². The average Bonchev–Trinajstić information content (AvgIpc) is 2.84. The van der Waals surface area contributed by atoms with E-state index in [0.29, 0.717) is 36.9 Å². The third-order valence-electron chi connectivity index (χ3n) is 3.33. The van der Waals surface area contributed by atoms with Gasteiger partial charge < -0.3 is 4.74 Å². The molecule has 1 aromatic carbocycles. The Balaban J connectivity index is 1.87. The van der Waals surface area contributed by atoms with Crippen molar-refractivity contribution in [2.75, 3.05) is 13.2 Å². The van der Waals surface area contributed by atoms with Crippen molar-refractivity contribution in [3.05, 3.63) is 41.2 Å². The highest BCUT2D eigenvalue weighted by molar-refractivity contribution is 7.89. The summed E-state index contributed by atoms with van der Waals surface area (Å²) in [5.41, 5.74) is 0.876. The second-order valence-electron chi connectivity index (χ2n) is 4.96. The Hall–Kier alpha value is -1.57. The van der Waals surface area contributed by atoms with Crippen LogP contribution in [0.5, 0.6) is 5.75 Å². The minimum Gasteiger partial charge on any atom is -0.494 e. The summed E-state index contributed by atoms with van der Waals surface area (Å²) in [6.07, 6.45) is 2.20. The largest absolute Gasteiger partial charge is 0.494 e. The summed E-state index contributed by atoms with van der Waals surface area (Å²) >= 11 is 5.92. The van der Waals surface area contributed by atoms with E-state index in [2.05, 4.69) is 9.82 Å². The van der Waals surface area contributed by atoms with Gasteiger partial charge in [-0.1, -0.05) is 11.6 Å². The summed E-state index contributed by atoms with van der Waals surface area (Å²) in [6, 6.07) is 6.36. The SMILES string of the molecule is CCOc1ccc(S(=O)(=O)NCCCn2ncc(Cl)c2C)cc1. The molecule has 1 heterocycles. The normalized spacial score (nSPS) is 11.6. The van der Waals surface area contributed by atoms with Crippen molar-refractivity contribution in [3.8, 4) is 5.75 Å². The minimum absolute atomic E-state index is 0.222. The van der Waals surface area contributed by atoms with E-state index in [-0.39, 0.29) is 4.90 Å². The molecule has 8 heteroatoms. The van der Waals surface area contributed by atoms with Gasteiger partial charge in [-0.2, -0.15) is 5.10 Å². The van der Waals surface area contributed by atoms with Crippen LogP contribution in [0.1, 0.15) is 19.0 Å². The number of hydrogen-bond acceptors (Lipinski definition) is 4. The zero-order valence-electron chi connectivity index (χ0n) is 13.1. The highest BCUT2D eigenvalue weighted by atomic mass is 35.5. The second kappa shape index (κ2) is 7.81. The molecule has 23 heavy (non-hydrogen) atoms. The van der Waals surface area contributed by atoms with Gasteiger partial charge in [0, 0.05) is 13.1 Å². The molecule has 126 valence electrons. The summed E-state index contributed by atoms with van der Waals surface area (Å²) in [5, 5.41) is 4.74. The van der Waals surface area contributed by atoms with E-state index in [9.17, 15) is 8.42 Å². The van der Waals surface area contributed by atoms with E-state index in [4.69, 9.17) is 16.3 Å². The molecule has 0 unspecified atom stereocenters. The quantitative estimate of drug-likeness (QED) is 0.737. The molecule has 2 aromatic rings. The van der Waals surface area contributed by atoms with Crippen LogP contribution in [0, 0.1) is 6.92 Å². The highest BCUT2D eigenvalue weighted by Crippen LogP contribution is 2.16. The van der Waals surface area contributed by atoms with E-state index in [1.165, 1.54) is 12.1 Å². The van der Waals surface area contributed by atoms with Gasteiger partial charge in [0.15, 0.2) is 0 Å². The molecule has 0 aliphatic carbocycles. The van der Waals surface area contributed by atoms with Crippen LogP contribution in [-0.2, 0) is 16.6 Å². The van der Waals surface area contributed by atoms with Crippen LogP contribution in [-0.4, -0.2) is 31.3 Å². The standard InChI is InChI=1S/C15H20ClN3O3S/c1-3-22-13-5-7-14(8-6-13)23(20,21)18-9-4-10-19-12(2)15(16)11-17-19/h5-8,11,18H,3-4,9-10H2,1-2H3. The maximum absolute atomic E-state index is 12.2. The molecule has 0 spiro atoms. The van der Waals surface area contributed by atoms with Gasteiger partial charge in [0.25, 0.3) is 0 Å². The third kappa shape index (κ3) is 4.70. The molecule has 6 nitrogen and oxygen atoms in total. The number of aryl methyl sites for hydroxylation is 1. The lowest BCUT2D eigenvalue weighted by molar-refractivity contribution is 0.340. The topological polar surface area (TPSA) is 73.2 Å². The first-order chi connectivity index (χ1) is 10.9. The molecule has 0 amide bonds. The molecule has 1 N–H and O–H groups in total. The molecule has 1 aromatic heterocycles. The molecule has 0 saturated carbocycles. The molecular weight excluding hydrogens is 338 g/mol. The van der Waals surface area contributed by atoms with Gasteiger partial charge in [0.1, 0.15) is 5.75 Å². The number of benzene rings is 1. The zero-order valence-corrected chi connectivity index (χ0v) is 14.7. The number of rotatable bonds is 8. The van der Waals surface area contributed by atoms with Crippen molar-refractivity contribution in [3.63, 3.8) is 0 Å². The molecule has 0 fully saturated rings. The van der Waals surface area contributed by atoms with Crippen molar-refractivity contribution >= 4 is 21.6 Å². The van der Waals surface area contributed by atoms with Gasteiger partial charge in [-0.05, 0) is 44.5 Å². The molecule has 0 aliphatic rings. The van der Waals surface area contributed by atoms with Gasteiger partial charge in [-0.3, -0.25) is 4.68 Å². The van der Waals surface area contributed by atoms with Crippen LogP contribution in [0.15, 0.2) is 35.4 Å². The fraction of sp³-hybridized carbons (Fsp3) is 0.400. The molecule has 2 rings (SSSR count). The fourth-order valence-corrected chi connectivity index (χ4v) is 3.26. The molecule has 0 bridgehead atoms. The monoisotopic (exact) mass is 357 g/mol. The van der Waals surface area contributed by atoms with Crippen molar-refractivity contribution in [2.45, 2.75) is 31.7 Å². The number of nitrogens with zero attached hydrogens (tertiary/aromatic N) is 2. The van der Waals surface area contributed by atoms with Crippen LogP contribution in [0.3, 0.4) is 0 Å². The van der Waals surface area contributed by atoms with Crippen molar-refractivity contribution < 1.29 is 13.2 Å². The van der Waals surface area contributed by atoms with E-state index < -0.39 is 10.0 Å². The van der Waals surface area contributed by atoms with Crippen LogP contribution in [0.25, 0.3) is 0 Å². The molecule has 0 aliphatic heterocycles. The molecule has 0 radical (unpaired) electrons. The van der Waals surface area contributed by atoms with Crippen molar-refractivity contribution in [1.29, 1.82) is 0 Å². The minimum atomic E-state index is -3.51. The van der Waals surface area contributed by atoms with Crippen molar-refractivity contribution in [2.24, 2.45) is 0 Å². The van der Waals surface area contributed by atoms with Crippen molar-refractivity contribution in [1.82, 2.24) is 14.5 Å². The summed E-state index contributed by atoms with van der Waals surface area (Å²) in [5.74, 6) is 0.650. The van der Waals surface area contributed by atoms with E-state index in [0.717, 1.165) is 5.69 Å². The van der Waals surface area contributed by atoms with Gasteiger partial charge in [-0.15, -0.1) is 0 Å². The number of ether oxygens (including phenoxy) is 1. The van der Waals surface area contributed by atoms with E-state index >= 15 is 0 Å². The Bertz CT molecular complexity index is 742. The van der Waals surface area contributed by atoms with Crippen LogP contribution < -0.4 is 9.46 Å². The second-order valence-corrected chi connectivity index (χ2v) is 7.13. The predicted octanol–water partition coefficient (Wildman–Crippen LogP) is 2.61. The van der Waals surface area contributed by atoms with E-state index in [1.54, 1.807) is 23.0 Å². The summed E-state index contributed by atoms with van der Waals surface area (Å²) < 4.78 is 34.0. The number of hydrogen-bond donors (Lipinski definition) is 1. The average molecular weight is 358 g/mol. The number of nitrogens with one attached hydrogen (secondary N) is 1.